The minimum atomic E-state index is 0.0476. The van der Waals surface area contributed by atoms with Crippen molar-refractivity contribution in [2.24, 2.45) is 11.8 Å². The monoisotopic (exact) mass is 502 g/mol. The van der Waals surface area contributed by atoms with Gasteiger partial charge in [0.15, 0.2) is 6.61 Å². The van der Waals surface area contributed by atoms with Crippen molar-refractivity contribution in [2.75, 3.05) is 52.9 Å². The van der Waals surface area contributed by atoms with Crippen molar-refractivity contribution < 1.29 is 14.3 Å². The van der Waals surface area contributed by atoms with Gasteiger partial charge in [0.2, 0.25) is 0 Å². The van der Waals surface area contributed by atoms with Crippen molar-refractivity contribution in [3.05, 3.63) is 53.6 Å². The zero-order chi connectivity index (χ0) is 25.4. The highest BCUT2D eigenvalue weighted by molar-refractivity contribution is 5.97. The van der Waals surface area contributed by atoms with E-state index in [1.807, 2.05) is 34.1 Å². The second kappa shape index (κ2) is 10.1. The van der Waals surface area contributed by atoms with Gasteiger partial charge in [0, 0.05) is 44.2 Å². The molecule has 0 radical (unpaired) electrons. The molecular weight excluding hydrogens is 468 g/mol. The number of aromatic nitrogens is 3. The van der Waals surface area contributed by atoms with E-state index < -0.39 is 0 Å². The molecule has 0 saturated carbocycles. The van der Waals surface area contributed by atoms with Gasteiger partial charge in [-0.25, -0.2) is 0 Å². The van der Waals surface area contributed by atoms with Crippen molar-refractivity contribution in [1.82, 2.24) is 30.1 Å². The van der Waals surface area contributed by atoms with E-state index in [-0.39, 0.29) is 18.4 Å². The number of H-pyrrole nitrogens is 1. The zero-order valence-electron chi connectivity index (χ0n) is 21.3. The van der Waals surface area contributed by atoms with Crippen molar-refractivity contribution in [1.29, 1.82) is 0 Å². The lowest BCUT2D eigenvalue weighted by molar-refractivity contribution is -0.133. The molecule has 194 valence electrons. The molecule has 9 heteroatoms. The van der Waals surface area contributed by atoms with Gasteiger partial charge in [-0.2, -0.15) is 15.4 Å². The summed E-state index contributed by atoms with van der Waals surface area (Å²) >= 11 is 0. The van der Waals surface area contributed by atoms with Gasteiger partial charge in [-0.15, -0.1) is 0 Å². The summed E-state index contributed by atoms with van der Waals surface area (Å²) in [5, 5.41) is 10.8. The predicted molar refractivity (Wildman–Crippen MR) is 139 cm³/mol. The molecule has 2 aromatic carbocycles. The number of likely N-dealkylation sites (N-methyl/N-ethyl adjacent to an activating group) is 1. The molecule has 3 aliphatic rings. The molecular formula is C28H34N6O3. The van der Waals surface area contributed by atoms with Crippen LogP contribution in [0.25, 0.3) is 11.0 Å². The maximum atomic E-state index is 13.2. The summed E-state index contributed by atoms with van der Waals surface area (Å²) in [5.74, 6) is 2.22. The Morgan fingerprint density at radius 1 is 0.919 bits per heavy atom. The molecule has 1 N–H and O–H groups in total. The molecule has 1 unspecified atom stereocenters. The van der Waals surface area contributed by atoms with Crippen LogP contribution >= 0.6 is 0 Å². The first-order valence-electron chi connectivity index (χ1n) is 13.3. The third-order valence-electron chi connectivity index (χ3n) is 8.42. The summed E-state index contributed by atoms with van der Waals surface area (Å²) in [6.45, 7) is 5.09. The summed E-state index contributed by atoms with van der Waals surface area (Å²) in [7, 11) is 2.15. The molecule has 4 heterocycles. The number of rotatable bonds is 5. The number of fused-ring (bicyclic) bond motifs is 2. The number of benzene rings is 2. The van der Waals surface area contributed by atoms with Crippen LogP contribution in [0.4, 0.5) is 0 Å². The quantitative estimate of drug-likeness (QED) is 0.577. The molecule has 3 saturated heterocycles. The lowest BCUT2D eigenvalue weighted by atomic mass is 9.92. The van der Waals surface area contributed by atoms with Crippen LogP contribution in [0.3, 0.4) is 0 Å². The molecule has 6 rings (SSSR count). The smallest absolute Gasteiger partial charge is 0.260 e. The maximum Gasteiger partial charge on any atom is 0.260 e. The van der Waals surface area contributed by atoms with Gasteiger partial charge in [-0.1, -0.05) is 18.2 Å². The van der Waals surface area contributed by atoms with E-state index in [1.54, 1.807) is 6.07 Å². The van der Waals surface area contributed by atoms with Crippen LogP contribution in [-0.4, -0.2) is 94.8 Å². The lowest BCUT2D eigenvalue weighted by Gasteiger charge is -2.23. The maximum absolute atomic E-state index is 13.2. The molecule has 0 bridgehead atoms. The molecule has 0 spiro atoms. The Labute approximate surface area is 216 Å². The number of aromatic amines is 1. The molecule has 37 heavy (non-hydrogen) atoms. The number of carbonyl (C=O) groups excluding carboxylic acids is 2. The fraction of sp³-hybridized carbons (Fsp3) is 0.500. The molecule has 3 atom stereocenters. The molecule has 1 aromatic heterocycles. The van der Waals surface area contributed by atoms with Crippen LogP contribution in [0, 0.1) is 11.8 Å². The number of para-hydroxylation sites is 1. The number of hydrogen-bond donors (Lipinski definition) is 1. The Hall–Kier alpha value is -3.46. The fourth-order valence-electron chi connectivity index (χ4n) is 6.29. The summed E-state index contributed by atoms with van der Waals surface area (Å²) in [6, 6.07) is 13.6. The Kier molecular flexibility index (Phi) is 6.54. The molecule has 3 fully saturated rings. The summed E-state index contributed by atoms with van der Waals surface area (Å²) in [5.41, 5.74) is 3.31. The first kappa shape index (κ1) is 23.9. The number of likely N-dealkylation sites (tertiary alicyclic amines) is 3. The third kappa shape index (κ3) is 4.92. The molecule has 3 aliphatic heterocycles. The highest BCUT2D eigenvalue weighted by atomic mass is 16.5. The lowest BCUT2D eigenvalue weighted by Crippen LogP contribution is -2.37. The minimum absolute atomic E-state index is 0.0476. The highest BCUT2D eigenvalue weighted by Gasteiger charge is 2.38. The van der Waals surface area contributed by atoms with Crippen LogP contribution < -0.4 is 4.74 Å². The number of nitrogens with zero attached hydrogens (tertiary/aromatic N) is 5. The van der Waals surface area contributed by atoms with E-state index in [2.05, 4.69) is 39.5 Å². The van der Waals surface area contributed by atoms with Gasteiger partial charge >= 0.3 is 0 Å². The largest absolute Gasteiger partial charge is 0.483 e. The van der Waals surface area contributed by atoms with Crippen molar-refractivity contribution in [3.8, 4) is 5.75 Å². The fourth-order valence-corrected chi connectivity index (χ4v) is 6.29. The number of ether oxygens (including phenoxy) is 1. The second-order valence-electron chi connectivity index (χ2n) is 10.8. The van der Waals surface area contributed by atoms with Gasteiger partial charge in [0.05, 0.1) is 0 Å². The normalized spacial score (nSPS) is 24.3. The average molecular weight is 503 g/mol. The van der Waals surface area contributed by atoms with E-state index in [0.717, 1.165) is 56.7 Å². The summed E-state index contributed by atoms with van der Waals surface area (Å²) in [4.78, 5) is 32.5. The number of nitrogens with one attached hydrogen (secondary N) is 1. The summed E-state index contributed by atoms with van der Waals surface area (Å²) < 4.78 is 6.08. The van der Waals surface area contributed by atoms with Crippen LogP contribution in [0.15, 0.2) is 42.5 Å². The van der Waals surface area contributed by atoms with E-state index in [1.165, 1.54) is 5.56 Å². The molecule has 2 amide bonds. The van der Waals surface area contributed by atoms with Crippen LogP contribution in [0.5, 0.6) is 5.75 Å². The van der Waals surface area contributed by atoms with Crippen molar-refractivity contribution in [2.45, 2.75) is 25.2 Å². The summed E-state index contributed by atoms with van der Waals surface area (Å²) in [6.07, 6.45) is 2.94. The highest BCUT2D eigenvalue weighted by Crippen LogP contribution is 2.34. The second-order valence-corrected chi connectivity index (χ2v) is 10.8. The SMILES string of the molecule is CN1CCC(c2ccccc2OCC(=O)N2CC[C@@H]3CN(C(=O)c4ccc5n[nH]nc5c4)C[C@@H]3CC2)C1. The van der Waals surface area contributed by atoms with Gasteiger partial charge in [0.1, 0.15) is 16.8 Å². The van der Waals surface area contributed by atoms with Gasteiger partial charge < -0.3 is 19.4 Å². The van der Waals surface area contributed by atoms with E-state index in [4.69, 9.17) is 4.74 Å². The van der Waals surface area contributed by atoms with E-state index in [0.29, 0.717) is 41.9 Å². The number of hydrogen-bond acceptors (Lipinski definition) is 6. The van der Waals surface area contributed by atoms with Crippen LogP contribution in [-0.2, 0) is 4.79 Å². The standard InChI is InChI=1S/C28H34N6O3/c1-32-11-8-22(15-32)23-4-2-3-5-26(23)37-18-27(35)33-12-9-20-16-34(17-21(20)10-13-33)28(36)19-6-7-24-25(14-19)30-31-29-24/h2-7,14,20-22H,8-13,15-18H2,1H3,(H,29,30,31)/t20-,21+,22?. The molecule has 3 aromatic rings. The first-order chi connectivity index (χ1) is 18.0. The number of amides is 2. The van der Waals surface area contributed by atoms with E-state index in [9.17, 15) is 9.59 Å². The minimum Gasteiger partial charge on any atom is -0.483 e. The Morgan fingerprint density at radius 3 is 2.43 bits per heavy atom. The first-order valence-corrected chi connectivity index (χ1v) is 13.3. The van der Waals surface area contributed by atoms with Crippen LogP contribution in [0.1, 0.15) is 41.1 Å². The Balaban J connectivity index is 1.03. The molecule has 9 nitrogen and oxygen atoms in total. The topological polar surface area (TPSA) is 94.7 Å². The van der Waals surface area contributed by atoms with Gasteiger partial charge in [-0.05, 0) is 74.5 Å². The average Bonchev–Trinajstić information content (AvgIpc) is 3.64. The predicted octanol–water partition coefficient (Wildman–Crippen LogP) is 2.77. The Bertz CT molecular complexity index is 1280. The van der Waals surface area contributed by atoms with Crippen LogP contribution in [0.2, 0.25) is 0 Å². The van der Waals surface area contributed by atoms with Gasteiger partial charge in [0.25, 0.3) is 11.8 Å². The third-order valence-corrected chi connectivity index (χ3v) is 8.42. The van der Waals surface area contributed by atoms with E-state index >= 15 is 0 Å². The zero-order valence-corrected chi connectivity index (χ0v) is 21.3. The number of carbonyl (C=O) groups is 2. The van der Waals surface area contributed by atoms with Crippen molar-refractivity contribution in [3.63, 3.8) is 0 Å². The van der Waals surface area contributed by atoms with Crippen molar-refractivity contribution >= 4 is 22.8 Å². The molecule has 0 aliphatic carbocycles. The van der Waals surface area contributed by atoms with Gasteiger partial charge in [-0.3, -0.25) is 9.59 Å². The Morgan fingerprint density at radius 2 is 1.68 bits per heavy atom.